The Morgan fingerprint density at radius 1 is 0.906 bits per heavy atom. The second kappa shape index (κ2) is 9.92. The van der Waals surface area contributed by atoms with E-state index in [1.54, 1.807) is 25.7 Å². The zero-order valence-electron chi connectivity index (χ0n) is 18.5. The zero-order valence-corrected chi connectivity index (χ0v) is 18.5. The largest absolute Gasteiger partial charge is 0.496 e. The van der Waals surface area contributed by atoms with Gasteiger partial charge in [0.05, 0.1) is 24.2 Å². The number of nitrogens with one attached hydrogen (secondary N) is 1. The fourth-order valence-electron chi connectivity index (χ4n) is 3.55. The summed E-state index contributed by atoms with van der Waals surface area (Å²) >= 11 is 0. The molecule has 0 aliphatic heterocycles. The second-order valence-corrected chi connectivity index (χ2v) is 7.47. The molecule has 4 aromatic rings. The number of rotatable bonds is 8. The number of anilines is 1. The van der Waals surface area contributed by atoms with Gasteiger partial charge in [0.15, 0.2) is 0 Å². The van der Waals surface area contributed by atoms with Crippen molar-refractivity contribution in [1.29, 1.82) is 0 Å². The van der Waals surface area contributed by atoms with E-state index in [0.29, 0.717) is 13.2 Å². The van der Waals surface area contributed by atoms with Crippen molar-refractivity contribution < 1.29 is 9.47 Å². The maximum atomic E-state index is 5.98. The van der Waals surface area contributed by atoms with Crippen LogP contribution in [0.4, 0.5) is 5.69 Å². The van der Waals surface area contributed by atoms with Crippen LogP contribution in [0.15, 0.2) is 73.3 Å². The third-order valence-corrected chi connectivity index (χ3v) is 5.29. The van der Waals surface area contributed by atoms with Gasteiger partial charge in [-0.3, -0.25) is 15.0 Å². The second-order valence-electron chi connectivity index (χ2n) is 7.47. The number of hydrogen-bond donors (Lipinski definition) is 1. The van der Waals surface area contributed by atoms with Crippen molar-refractivity contribution in [3.8, 4) is 22.8 Å². The molecule has 0 fully saturated rings. The summed E-state index contributed by atoms with van der Waals surface area (Å²) in [6, 6.07) is 15.9. The predicted octanol–water partition coefficient (Wildman–Crippen LogP) is 5.36. The van der Waals surface area contributed by atoms with Crippen molar-refractivity contribution in [2.75, 3.05) is 12.4 Å². The maximum absolute atomic E-state index is 5.98. The molecule has 1 aromatic carbocycles. The highest BCUT2D eigenvalue weighted by molar-refractivity contribution is 5.74. The van der Waals surface area contributed by atoms with Crippen LogP contribution in [0.5, 0.6) is 11.5 Å². The Kier molecular flexibility index (Phi) is 6.60. The normalized spacial score (nSPS) is 10.6. The average molecular weight is 427 g/mol. The topological polar surface area (TPSA) is 69.2 Å². The molecular formula is C26H26N4O2. The molecule has 6 nitrogen and oxygen atoms in total. The van der Waals surface area contributed by atoms with E-state index in [-0.39, 0.29) is 0 Å². The third kappa shape index (κ3) is 4.86. The molecule has 32 heavy (non-hydrogen) atoms. The number of nitrogens with zero attached hydrogens (tertiary/aromatic N) is 3. The molecule has 0 unspecified atom stereocenters. The molecule has 0 spiro atoms. The van der Waals surface area contributed by atoms with Crippen molar-refractivity contribution in [3.63, 3.8) is 0 Å². The summed E-state index contributed by atoms with van der Waals surface area (Å²) in [6.45, 7) is 5.07. The molecule has 3 aromatic heterocycles. The van der Waals surface area contributed by atoms with E-state index in [1.165, 1.54) is 0 Å². The summed E-state index contributed by atoms with van der Waals surface area (Å²) in [5, 5.41) is 3.47. The van der Waals surface area contributed by atoms with Gasteiger partial charge in [0.2, 0.25) is 0 Å². The van der Waals surface area contributed by atoms with E-state index >= 15 is 0 Å². The number of hydrogen-bond acceptors (Lipinski definition) is 6. The fourth-order valence-corrected chi connectivity index (χ4v) is 3.55. The number of aryl methyl sites for hydroxylation is 1. The first-order valence-corrected chi connectivity index (χ1v) is 10.5. The van der Waals surface area contributed by atoms with Crippen molar-refractivity contribution in [1.82, 2.24) is 15.0 Å². The Hall–Kier alpha value is -3.93. The Morgan fingerprint density at radius 3 is 2.44 bits per heavy atom. The van der Waals surface area contributed by atoms with Crippen LogP contribution in [0.1, 0.15) is 22.4 Å². The van der Waals surface area contributed by atoms with Gasteiger partial charge in [0, 0.05) is 48.0 Å². The van der Waals surface area contributed by atoms with Crippen LogP contribution >= 0.6 is 0 Å². The van der Waals surface area contributed by atoms with Gasteiger partial charge >= 0.3 is 0 Å². The lowest BCUT2D eigenvalue weighted by Crippen LogP contribution is -2.04. The molecule has 0 radical (unpaired) electrons. The lowest BCUT2D eigenvalue weighted by molar-refractivity contribution is 0.299. The highest BCUT2D eigenvalue weighted by Crippen LogP contribution is 2.29. The van der Waals surface area contributed by atoms with E-state index in [9.17, 15) is 0 Å². The SMILES string of the molecule is COc1c(C)cnc(COc2ccc(-c3ncccc3NCc3ccncc3)cc2)c1C. The van der Waals surface area contributed by atoms with Crippen LogP contribution in [0.2, 0.25) is 0 Å². The van der Waals surface area contributed by atoms with Crippen LogP contribution in [0.3, 0.4) is 0 Å². The number of methoxy groups -OCH3 is 1. The zero-order chi connectivity index (χ0) is 22.3. The van der Waals surface area contributed by atoms with E-state index in [4.69, 9.17) is 9.47 Å². The molecule has 162 valence electrons. The first-order valence-electron chi connectivity index (χ1n) is 10.5. The Balaban J connectivity index is 1.45. The molecular weight excluding hydrogens is 400 g/mol. The molecule has 4 rings (SSSR count). The highest BCUT2D eigenvalue weighted by Gasteiger charge is 2.11. The Bertz CT molecular complexity index is 1180. The van der Waals surface area contributed by atoms with Gasteiger partial charge in [-0.1, -0.05) is 0 Å². The van der Waals surface area contributed by atoms with Crippen LogP contribution in [0, 0.1) is 13.8 Å². The summed E-state index contributed by atoms with van der Waals surface area (Å²) in [5.74, 6) is 1.63. The molecule has 0 saturated carbocycles. The standard InChI is InChI=1S/C26H26N4O2/c1-18-15-29-24(19(2)26(18)31-3)17-32-22-8-6-21(7-9-22)25-23(5-4-12-28-25)30-16-20-10-13-27-14-11-20/h4-15,30H,16-17H2,1-3H3. The minimum Gasteiger partial charge on any atom is -0.496 e. The van der Waals surface area contributed by atoms with E-state index < -0.39 is 0 Å². The van der Waals surface area contributed by atoms with Gasteiger partial charge in [0.1, 0.15) is 18.1 Å². The molecule has 0 aliphatic carbocycles. The monoisotopic (exact) mass is 426 g/mol. The van der Waals surface area contributed by atoms with E-state index in [0.717, 1.165) is 50.8 Å². The van der Waals surface area contributed by atoms with Crippen LogP contribution < -0.4 is 14.8 Å². The predicted molar refractivity (Wildman–Crippen MR) is 126 cm³/mol. The Labute approximate surface area is 188 Å². The fraction of sp³-hybridized carbons (Fsp3) is 0.192. The lowest BCUT2D eigenvalue weighted by Gasteiger charge is -2.14. The Morgan fingerprint density at radius 2 is 1.69 bits per heavy atom. The van der Waals surface area contributed by atoms with Gasteiger partial charge < -0.3 is 14.8 Å². The number of aromatic nitrogens is 3. The quantitative estimate of drug-likeness (QED) is 0.409. The summed E-state index contributed by atoms with van der Waals surface area (Å²) in [4.78, 5) is 13.1. The van der Waals surface area contributed by atoms with Crippen molar-refractivity contribution in [2.24, 2.45) is 0 Å². The smallest absolute Gasteiger partial charge is 0.131 e. The minimum atomic E-state index is 0.379. The molecule has 6 heteroatoms. The molecule has 0 aliphatic rings. The first kappa shape index (κ1) is 21.3. The van der Waals surface area contributed by atoms with E-state index in [1.807, 2.05) is 68.6 Å². The van der Waals surface area contributed by atoms with Crippen molar-refractivity contribution in [3.05, 3.63) is 95.7 Å². The van der Waals surface area contributed by atoms with Crippen molar-refractivity contribution in [2.45, 2.75) is 27.0 Å². The van der Waals surface area contributed by atoms with Gasteiger partial charge in [-0.2, -0.15) is 0 Å². The summed E-state index contributed by atoms with van der Waals surface area (Å²) in [6.07, 6.45) is 7.21. The van der Waals surface area contributed by atoms with Crippen LogP contribution in [0.25, 0.3) is 11.3 Å². The van der Waals surface area contributed by atoms with Gasteiger partial charge in [-0.25, -0.2) is 0 Å². The van der Waals surface area contributed by atoms with Crippen molar-refractivity contribution >= 4 is 5.69 Å². The average Bonchev–Trinajstić information content (AvgIpc) is 2.84. The van der Waals surface area contributed by atoms with Gasteiger partial charge in [-0.05, 0) is 67.9 Å². The summed E-state index contributed by atoms with van der Waals surface area (Å²) in [7, 11) is 1.68. The lowest BCUT2D eigenvalue weighted by atomic mass is 10.1. The maximum Gasteiger partial charge on any atom is 0.131 e. The van der Waals surface area contributed by atoms with Crippen LogP contribution in [-0.4, -0.2) is 22.1 Å². The van der Waals surface area contributed by atoms with Gasteiger partial charge in [-0.15, -0.1) is 0 Å². The highest BCUT2D eigenvalue weighted by atomic mass is 16.5. The number of ether oxygens (including phenoxy) is 2. The molecule has 1 N–H and O–H groups in total. The summed E-state index contributed by atoms with van der Waals surface area (Å²) in [5.41, 5.74) is 6.93. The molecule has 0 amide bonds. The molecule has 3 heterocycles. The molecule has 0 saturated heterocycles. The molecule has 0 atom stereocenters. The first-order chi connectivity index (χ1) is 15.7. The minimum absolute atomic E-state index is 0.379. The third-order valence-electron chi connectivity index (χ3n) is 5.29. The number of benzene rings is 1. The summed E-state index contributed by atoms with van der Waals surface area (Å²) < 4.78 is 11.5. The van der Waals surface area contributed by atoms with Crippen LogP contribution in [-0.2, 0) is 13.2 Å². The van der Waals surface area contributed by atoms with E-state index in [2.05, 4.69) is 20.3 Å². The molecule has 0 bridgehead atoms. The van der Waals surface area contributed by atoms with Gasteiger partial charge in [0.25, 0.3) is 0 Å². The number of pyridine rings is 3.